The van der Waals surface area contributed by atoms with Gasteiger partial charge in [-0.25, -0.2) is 4.72 Å². The van der Waals surface area contributed by atoms with Gasteiger partial charge in [-0.15, -0.1) is 4.31 Å². The van der Waals surface area contributed by atoms with E-state index in [0.717, 1.165) is 5.56 Å². The Balaban J connectivity index is 1.71. The molecular formula is C16H17N3O3S2. The van der Waals surface area contributed by atoms with Crippen LogP contribution in [0.1, 0.15) is 15.9 Å². The van der Waals surface area contributed by atoms with Crippen molar-refractivity contribution in [1.82, 2.24) is 9.62 Å². The molecule has 1 amide bonds. The maximum atomic E-state index is 12.4. The maximum absolute atomic E-state index is 12.4. The van der Waals surface area contributed by atoms with Crippen molar-refractivity contribution in [2.75, 3.05) is 18.8 Å². The van der Waals surface area contributed by atoms with Crippen molar-refractivity contribution in [3.8, 4) is 0 Å². The van der Waals surface area contributed by atoms with Gasteiger partial charge in [-0.1, -0.05) is 0 Å². The number of nitrogens with zero attached hydrogens (tertiary/aromatic N) is 1. The van der Waals surface area contributed by atoms with Gasteiger partial charge in [0.05, 0.1) is 17.0 Å². The molecule has 126 valence electrons. The summed E-state index contributed by atoms with van der Waals surface area (Å²) in [5, 5.41) is 2.75. The summed E-state index contributed by atoms with van der Waals surface area (Å²) in [7, 11) is 3.47. The fourth-order valence-corrected chi connectivity index (χ4v) is 3.98. The molecule has 0 saturated carbocycles. The highest BCUT2D eigenvalue weighted by molar-refractivity contribution is 7.92. The number of rotatable bonds is 5. The summed E-state index contributed by atoms with van der Waals surface area (Å²) in [6, 6.07) is 12.1. The zero-order valence-electron chi connectivity index (χ0n) is 13.2. The lowest BCUT2D eigenvalue weighted by atomic mass is 10.1. The van der Waals surface area contributed by atoms with Gasteiger partial charge in [-0.05, 0) is 23.8 Å². The number of carbonyl (C=O) groups is 1. The average molecular weight is 363 g/mol. The zero-order chi connectivity index (χ0) is 17.3. The van der Waals surface area contributed by atoms with Crippen molar-refractivity contribution in [1.29, 1.82) is 0 Å². The number of nitrogens with one attached hydrogen (secondary N) is 2. The summed E-state index contributed by atoms with van der Waals surface area (Å²) in [5.41, 5.74) is 2.23. The first kappa shape index (κ1) is 17.1. The van der Waals surface area contributed by atoms with Gasteiger partial charge in [0.1, 0.15) is 11.4 Å². The molecule has 24 heavy (non-hydrogen) atoms. The topological polar surface area (TPSA) is 90.5 Å². The van der Waals surface area contributed by atoms with Gasteiger partial charge in [0, 0.05) is 50.5 Å². The number of benzene rings is 2. The molecule has 1 aliphatic rings. The summed E-state index contributed by atoms with van der Waals surface area (Å²) in [4.78, 5) is 12.8. The number of amides is 1. The minimum atomic E-state index is -1.44. The number of hydrogen-bond donors (Lipinski definition) is 2. The molecular weight excluding hydrogens is 346 g/mol. The van der Waals surface area contributed by atoms with E-state index in [1.54, 1.807) is 54.8 Å². The third kappa shape index (κ3) is 3.52. The predicted molar refractivity (Wildman–Crippen MR) is 94.2 cm³/mol. The van der Waals surface area contributed by atoms with Crippen LogP contribution in [0.15, 0.2) is 52.3 Å². The van der Waals surface area contributed by atoms with E-state index >= 15 is 0 Å². The van der Waals surface area contributed by atoms with Gasteiger partial charge in [0.25, 0.3) is 5.91 Å². The Labute approximate surface area is 146 Å². The van der Waals surface area contributed by atoms with Gasteiger partial charge in [-0.3, -0.25) is 4.79 Å². The molecule has 0 aliphatic carbocycles. The van der Waals surface area contributed by atoms with E-state index in [-0.39, 0.29) is 5.91 Å². The lowest BCUT2D eigenvalue weighted by Gasteiger charge is -2.16. The molecule has 2 unspecified atom stereocenters. The molecule has 8 heteroatoms. The van der Waals surface area contributed by atoms with Crippen LogP contribution in [0.3, 0.4) is 0 Å². The van der Waals surface area contributed by atoms with Gasteiger partial charge < -0.3 is 14.4 Å². The van der Waals surface area contributed by atoms with Crippen LogP contribution in [0.4, 0.5) is 5.69 Å². The van der Waals surface area contributed by atoms with E-state index in [1.165, 1.54) is 0 Å². The molecule has 0 radical (unpaired) electrons. The molecule has 0 saturated heterocycles. The molecule has 0 fully saturated rings. The van der Waals surface area contributed by atoms with Crippen LogP contribution in [0.5, 0.6) is 0 Å². The maximum Gasteiger partial charge on any atom is 0.251 e. The highest BCUT2D eigenvalue weighted by Gasteiger charge is 2.21. The van der Waals surface area contributed by atoms with E-state index in [2.05, 4.69) is 10.0 Å². The van der Waals surface area contributed by atoms with Crippen LogP contribution < -0.4 is 10.0 Å². The number of hydrogen-bond acceptors (Lipinski definition) is 5. The zero-order valence-corrected chi connectivity index (χ0v) is 14.9. The Kier molecular flexibility index (Phi) is 5.02. The Hall–Kier alpha value is -1.71. The third-order valence-corrected chi connectivity index (χ3v) is 6.03. The van der Waals surface area contributed by atoms with Crippen LogP contribution in [0.2, 0.25) is 0 Å². The molecule has 6 nitrogen and oxygen atoms in total. The summed E-state index contributed by atoms with van der Waals surface area (Å²) < 4.78 is 28.9. The standard InChI is InChI=1S/C16H17N3O3S2/c1-19(2)24(22)14-6-4-13(5-7-14)23(21)18-12-3-8-15-11(9-12)10-17-16(15)20/h3-9,18H,10H2,1-2H3,(H,17,20). The van der Waals surface area contributed by atoms with E-state index < -0.39 is 22.7 Å². The molecule has 2 aromatic carbocycles. The lowest BCUT2D eigenvalue weighted by molar-refractivity contribution is 0.0966. The summed E-state index contributed by atoms with van der Waals surface area (Å²) in [6.45, 7) is 0.487. The molecule has 2 aromatic rings. The Morgan fingerprint density at radius 3 is 2.42 bits per heavy atom. The van der Waals surface area contributed by atoms with E-state index in [4.69, 9.17) is 0 Å². The molecule has 2 atom stereocenters. The normalized spacial score (nSPS) is 15.8. The van der Waals surface area contributed by atoms with E-state index in [9.17, 15) is 13.9 Å². The molecule has 2 N–H and O–H groups in total. The second kappa shape index (κ2) is 7.04. The van der Waals surface area contributed by atoms with Crippen LogP contribution in [0.25, 0.3) is 0 Å². The third-order valence-electron chi connectivity index (χ3n) is 3.57. The second-order valence-electron chi connectivity index (χ2n) is 5.46. The van der Waals surface area contributed by atoms with Crippen molar-refractivity contribution in [3.63, 3.8) is 0 Å². The number of carbonyl (C=O) groups excluding carboxylic acids is 1. The highest BCUT2D eigenvalue weighted by Crippen LogP contribution is 2.23. The van der Waals surface area contributed by atoms with Gasteiger partial charge in [0.2, 0.25) is 0 Å². The van der Waals surface area contributed by atoms with Crippen molar-refractivity contribution < 1.29 is 13.9 Å². The minimum Gasteiger partial charge on any atom is -0.593 e. The van der Waals surface area contributed by atoms with Gasteiger partial charge >= 0.3 is 0 Å². The SMILES string of the molecule is CN(C)[S+]([O-])c1ccc([S+]([O-])Nc2ccc3c(c2)CNC3=O)cc1. The smallest absolute Gasteiger partial charge is 0.251 e. The summed E-state index contributed by atoms with van der Waals surface area (Å²) in [5.74, 6) is -0.0813. The molecule has 1 heterocycles. The monoisotopic (exact) mass is 363 g/mol. The van der Waals surface area contributed by atoms with Crippen LogP contribution >= 0.6 is 0 Å². The Morgan fingerprint density at radius 1 is 1.08 bits per heavy atom. The lowest BCUT2D eigenvalue weighted by Crippen LogP contribution is -2.22. The van der Waals surface area contributed by atoms with Gasteiger partial charge in [0.15, 0.2) is 9.79 Å². The molecule has 0 aromatic heterocycles. The quantitative estimate of drug-likeness (QED) is 0.789. The van der Waals surface area contributed by atoms with Crippen LogP contribution in [-0.4, -0.2) is 33.4 Å². The summed E-state index contributed by atoms with van der Waals surface area (Å²) in [6.07, 6.45) is 0. The highest BCUT2D eigenvalue weighted by atomic mass is 32.2. The fourth-order valence-electron chi connectivity index (χ4n) is 2.35. The number of fused-ring (bicyclic) bond motifs is 1. The predicted octanol–water partition coefficient (Wildman–Crippen LogP) is 1.65. The van der Waals surface area contributed by atoms with Crippen molar-refractivity contribution in [3.05, 3.63) is 53.6 Å². The first-order chi connectivity index (χ1) is 11.5. The first-order valence-corrected chi connectivity index (χ1v) is 9.50. The molecule has 0 bridgehead atoms. The van der Waals surface area contributed by atoms with E-state index in [1.807, 2.05) is 6.07 Å². The van der Waals surface area contributed by atoms with Crippen molar-refractivity contribution >= 4 is 34.3 Å². The van der Waals surface area contributed by atoms with Crippen LogP contribution in [-0.2, 0) is 29.3 Å². The van der Waals surface area contributed by atoms with Crippen LogP contribution in [0, 0.1) is 0 Å². The largest absolute Gasteiger partial charge is 0.593 e. The molecule has 0 spiro atoms. The van der Waals surface area contributed by atoms with Crippen molar-refractivity contribution in [2.24, 2.45) is 0 Å². The second-order valence-corrected chi connectivity index (χ2v) is 8.37. The summed E-state index contributed by atoms with van der Waals surface area (Å²) >= 11 is -2.66. The minimum absolute atomic E-state index is 0.0813. The fraction of sp³-hybridized carbons (Fsp3) is 0.188. The molecule has 3 rings (SSSR count). The van der Waals surface area contributed by atoms with E-state index in [0.29, 0.717) is 27.6 Å². The van der Waals surface area contributed by atoms with Crippen molar-refractivity contribution in [2.45, 2.75) is 16.3 Å². The van der Waals surface area contributed by atoms with Gasteiger partial charge in [-0.2, -0.15) is 0 Å². The molecule has 1 aliphatic heterocycles. The number of anilines is 1. The average Bonchev–Trinajstić information content (AvgIpc) is 2.95. The Morgan fingerprint density at radius 2 is 1.75 bits per heavy atom. The first-order valence-electron chi connectivity index (χ1n) is 7.24. The Bertz CT molecular complexity index is 753.